The number of benzene rings is 4. The summed E-state index contributed by atoms with van der Waals surface area (Å²) in [5, 5.41) is 3.96. The van der Waals surface area contributed by atoms with Gasteiger partial charge in [0.1, 0.15) is 17.1 Å². The lowest BCUT2D eigenvalue weighted by Crippen LogP contribution is -2.40. The monoisotopic (exact) mass is 766 g/mol. The van der Waals surface area contributed by atoms with Crippen molar-refractivity contribution in [3.63, 3.8) is 0 Å². The first-order valence-corrected chi connectivity index (χ1v) is 18.9. The number of hydrogen-bond acceptors (Lipinski definition) is 5. The number of pyridine rings is 1. The van der Waals surface area contributed by atoms with Crippen LogP contribution in [0, 0.1) is 0 Å². The molecule has 0 bridgehead atoms. The number of imidazole rings is 1. The Balaban J connectivity index is 1.31. The second-order valence-electron chi connectivity index (χ2n) is 14.2. The van der Waals surface area contributed by atoms with Gasteiger partial charge in [-0.15, -0.1) is 0 Å². The largest absolute Gasteiger partial charge is 0.497 e. The van der Waals surface area contributed by atoms with E-state index in [0.29, 0.717) is 52.5 Å². The Morgan fingerprint density at radius 1 is 0.789 bits per heavy atom. The summed E-state index contributed by atoms with van der Waals surface area (Å²) in [5.41, 5.74) is 3.62. The van der Waals surface area contributed by atoms with Gasteiger partial charge in [-0.25, -0.2) is 4.98 Å². The van der Waals surface area contributed by atoms with Crippen molar-refractivity contribution in [2.24, 2.45) is 0 Å². The van der Waals surface area contributed by atoms with Crippen LogP contribution in [0.1, 0.15) is 75.3 Å². The molecule has 7 aromatic rings. The van der Waals surface area contributed by atoms with E-state index < -0.39 is 23.5 Å². The molecule has 0 fully saturated rings. The third kappa shape index (κ3) is 6.77. The number of amides is 1. The zero-order valence-electron chi connectivity index (χ0n) is 31.8. The first-order chi connectivity index (χ1) is 27.6. The van der Waals surface area contributed by atoms with Crippen LogP contribution in [0.4, 0.5) is 13.2 Å². The summed E-state index contributed by atoms with van der Waals surface area (Å²) in [5.74, 6) is 0.984. The minimum atomic E-state index is -4.72. The SMILES string of the molecule is CCn1cc(-c2cc(Cc3nccn3C(c3ccccc3)(c3ccccc3)c3ccccc3)cc3c2CCN([C@@H](C)c2cc(OC)ccn2)C3=O)c(C(F)(F)F)n1. The highest BCUT2D eigenvalue weighted by Crippen LogP contribution is 2.44. The summed E-state index contributed by atoms with van der Waals surface area (Å²) in [7, 11) is 1.57. The van der Waals surface area contributed by atoms with Gasteiger partial charge in [-0.3, -0.25) is 14.5 Å². The lowest BCUT2D eigenvalue weighted by Gasteiger charge is -2.38. The highest BCUT2D eigenvalue weighted by Gasteiger charge is 2.41. The average Bonchev–Trinajstić information content (AvgIpc) is 3.90. The third-order valence-electron chi connectivity index (χ3n) is 10.9. The van der Waals surface area contributed by atoms with Crippen LogP contribution in [0.15, 0.2) is 140 Å². The molecule has 1 atom stereocenters. The molecule has 0 unspecified atom stereocenters. The number of halogens is 3. The molecule has 0 spiro atoms. The summed E-state index contributed by atoms with van der Waals surface area (Å²) >= 11 is 0. The minimum absolute atomic E-state index is 0.0539. The van der Waals surface area contributed by atoms with Gasteiger partial charge in [0.25, 0.3) is 5.91 Å². The van der Waals surface area contributed by atoms with Gasteiger partial charge in [-0.2, -0.15) is 18.3 Å². The van der Waals surface area contributed by atoms with Gasteiger partial charge >= 0.3 is 6.18 Å². The van der Waals surface area contributed by atoms with Crippen molar-refractivity contribution in [2.45, 2.75) is 51.0 Å². The van der Waals surface area contributed by atoms with E-state index >= 15 is 0 Å². The van der Waals surface area contributed by atoms with Crippen molar-refractivity contribution in [3.05, 3.63) is 191 Å². The number of ether oxygens (including phenoxy) is 1. The Hall–Kier alpha value is -6.49. The molecule has 3 aromatic heterocycles. The molecule has 0 saturated heterocycles. The topological polar surface area (TPSA) is 78.1 Å². The number of nitrogens with zero attached hydrogens (tertiary/aromatic N) is 6. The number of alkyl halides is 3. The molecule has 4 heterocycles. The molecule has 0 aliphatic carbocycles. The van der Waals surface area contributed by atoms with Crippen molar-refractivity contribution < 1.29 is 22.7 Å². The molecule has 11 heteroatoms. The number of aryl methyl sites for hydroxylation is 1. The van der Waals surface area contributed by atoms with Crippen LogP contribution in [0.25, 0.3) is 11.1 Å². The van der Waals surface area contributed by atoms with Crippen molar-refractivity contribution in [3.8, 4) is 16.9 Å². The van der Waals surface area contributed by atoms with Crippen molar-refractivity contribution >= 4 is 5.91 Å². The predicted octanol–water partition coefficient (Wildman–Crippen LogP) is 9.38. The predicted molar refractivity (Wildman–Crippen MR) is 212 cm³/mol. The summed E-state index contributed by atoms with van der Waals surface area (Å²) in [6.07, 6.45) is 2.61. The van der Waals surface area contributed by atoms with Gasteiger partial charge in [0, 0.05) is 61.5 Å². The van der Waals surface area contributed by atoms with Crippen LogP contribution in [-0.4, -0.2) is 48.8 Å². The smallest absolute Gasteiger partial charge is 0.435 e. The molecule has 0 saturated carbocycles. The zero-order valence-corrected chi connectivity index (χ0v) is 31.8. The van der Waals surface area contributed by atoms with E-state index in [9.17, 15) is 18.0 Å². The van der Waals surface area contributed by atoms with Gasteiger partial charge in [0.2, 0.25) is 0 Å². The Kier molecular flexibility index (Phi) is 9.99. The van der Waals surface area contributed by atoms with E-state index in [0.717, 1.165) is 16.7 Å². The zero-order chi connectivity index (χ0) is 39.7. The summed E-state index contributed by atoms with van der Waals surface area (Å²) in [4.78, 5) is 25.8. The van der Waals surface area contributed by atoms with E-state index in [1.807, 2.05) is 73.8 Å². The maximum Gasteiger partial charge on any atom is 0.435 e. The van der Waals surface area contributed by atoms with Gasteiger partial charge in [0.15, 0.2) is 5.69 Å². The Morgan fingerprint density at radius 2 is 1.40 bits per heavy atom. The third-order valence-corrected chi connectivity index (χ3v) is 10.9. The van der Waals surface area contributed by atoms with E-state index in [1.165, 1.54) is 10.9 Å². The lowest BCUT2D eigenvalue weighted by atomic mass is 9.76. The van der Waals surface area contributed by atoms with Crippen LogP contribution in [0.2, 0.25) is 0 Å². The van der Waals surface area contributed by atoms with Crippen molar-refractivity contribution in [2.75, 3.05) is 13.7 Å². The molecule has 0 radical (unpaired) electrons. The minimum Gasteiger partial charge on any atom is -0.497 e. The number of fused-ring (bicyclic) bond motifs is 1. The fraction of sp³-hybridized carbons (Fsp3) is 0.217. The number of carbonyl (C=O) groups is 1. The molecule has 57 heavy (non-hydrogen) atoms. The van der Waals surface area contributed by atoms with Crippen LogP contribution in [-0.2, 0) is 31.1 Å². The Labute approximate surface area is 329 Å². The quantitative estimate of drug-likeness (QED) is 0.123. The number of carbonyl (C=O) groups excluding carboxylic acids is 1. The molecule has 0 N–H and O–H groups in total. The second-order valence-corrected chi connectivity index (χ2v) is 14.2. The molecule has 288 valence electrons. The highest BCUT2D eigenvalue weighted by atomic mass is 19.4. The fourth-order valence-electron chi connectivity index (χ4n) is 8.23. The van der Waals surface area contributed by atoms with Crippen molar-refractivity contribution in [1.29, 1.82) is 0 Å². The highest BCUT2D eigenvalue weighted by molar-refractivity contribution is 5.99. The first kappa shape index (κ1) is 37.4. The van der Waals surface area contributed by atoms with E-state index in [-0.39, 0.29) is 24.4 Å². The number of rotatable bonds is 11. The Morgan fingerprint density at radius 3 is 1.98 bits per heavy atom. The summed E-state index contributed by atoms with van der Waals surface area (Å²) in [6, 6.07) is 37.3. The molecule has 8 nitrogen and oxygen atoms in total. The van der Waals surface area contributed by atoms with Gasteiger partial charge in [0.05, 0.1) is 18.8 Å². The normalized spacial score (nSPS) is 13.7. The van der Waals surface area contributed by atoms with Gasteiger partial charge in [-0.05, 0) is 65.8 Å². The number of hydrogen-bond donors (Lipinski definition) is 0. The number of aromatic nitrogens is 5. The van der Waals surface area contributed by atoms with Crippen molar-refractivity contribution in [1.82, 2.24) is 29.2 Å². The standard InChI is InChI=1S/C46H41F3N6O2/c1-4-53-30-40(43(52-53)46(47,48)49)38-26-32(27-39-37(38)21-24-54(44(39)56)31(2)41-29-36(57-3)20-22-50-41)28-42-51-23-25-55(42)45(33-14-8-5-9-15-33,34-16-10-6-11-17-34)35-18-12-7-13-19-35/h5-20,22-23,25-27,29-31H,4,21,24,28H2,1-3H3/t31-/m0/s1. The fourth-order valence-corrected chi connectivity index (χ4v) is 8.23. The van der Waals surface area contributed by atoms with Crippen LogP contribution < -0.4 is 4.74 Å². The maximum absolute atomic E-state index is 14.7. The van der Waals surface area contributed by atoms with E-state index in [1.54, 1.807) is 49.5 Å². The molecule has 1 aliphatic heterocycles. The molecule has 1 aliphatic rings. The van der Waals surface area contributed by atoms with Crippen LogP contribution in [0.3, 0.4) is 0 Å². The molecular weight excluding hydrogens is 726 g/mol. The molecule has 8 rings (SSSR count). The first-order valence-electron chi connectivity index (χ1n) is 18.9. The summed E-state index contributed by atoms with van der Waals surface area (Å²) < 4.78 is 53.0. The van der Waals surface area contributed by atoms with Crippen LogP contribution in [0.5, 0.6) is 5.75 Å². The molecule has 4 aromatic carbocycles. The second kappa shape index (κ2) is 15.2. The lowest BCUT2D eigenvalue weighted by molar-refractivity contribution is -0.141. The maximum atomic E-state index is 14.7. The van der Waals surface area contributed by atoms with E-state index in [2.05, 4.69) is 51.0 Å². The number of methoxy groups -OCH3 is 1. The van der Waals surface area contributed by atoms with Gasteiger partial charge < -0.3 is 14.2 Å². The molecular formula is C46H41F3N6O2. The van der Waals surface area contributed by atoms with Gasteiger partial charge in [-0.1, -0.05) is 97.1 Å². The Bertz CT molecular complexity index is 2420. The molecule has 1 amide bonds. The van der Waals surface area contributed by atoms with Crippen LogP contribution >= 0.6 is 0 Å². The average molecular weight is 767 g/mol. The summed E-state index contributed by atoms with van der Waals surface area (Å²) in [6.45, 7) is 4.19. The van der Waals surface area contributed by atoms with E-state index in [4.69, 9.17) is 9.72 Å².